The van der Waals surface area contributed by atoms with Crippen molar-refractivity contribution in [1.29, 1.82) is 0 Å². The van der Waals surface area contributed by atoms with Crippen LogP contribution in [0.3, 0.4) is 0 Å². The third kappa shape index (κ3) is 2.58. The molecule has 0 saturated heterocycles. The Hall–Kier alpha value is -3.01. The summed E-state index contributed by atoms with van der Waals surface area (Å²) in [5.74, 6) is 0.650. The minimum absolute atomic E-state index is 0.0413. The van der Waals surface area contributed by atoms with Crippen molar-refractivity contribution in [3.8, 4) is 11.5 Å². The Morgan fingerprint density at radius 3 is 2.81 bits per heavy atom. The van der Waals surface area contributed by atoms with Gasteiger partial charge in [-0.05, 0) is 60.7 Å². The van der Waals surface area contributed by atoms with Gasteiger partial charge in [0.1, 0.15) is 0 Å². The van der Waals surface area contributed by atoms with Crippen molar-refractivity contribution < 1.29 is 14.6 Å². The number of phenols is 1. The highest BCUT2D eigenvalue weighted by molar-refractivity contribution is 6.15. The number of Topliss-reactive ketones (excluding diaryl/α,β-unsaturated/α-hetero) is 1. The number of hydrogen-bond acceptors (Lipinski definition) is 3. The van der Waals surface area contributed by atoms with Gasteiger partial charge in [-0.15, -0.1) is 0 Å². The second-order valence-electron chi connectivity index (χ2n) is 6.99. The summed E-state index contributed by atoms with van der Waals surface area (Å²) < 4.78 is 5.17. The third-order valence-electron chi connectivity index (χ3n) is 5.12. The van der Waals surface area contributed by atoms with E-state index in [0.717, 1.165) is 34.0 Å². The van der Waals surface area contributed by atoms with Gasteiger partial charge in [0.15, 0.2) is 11.5 Å². The van der Waals surface area contributed by atoms with Gasteiger partial charge >= 0.3 is 0 Å². The smallest absolute Gasteiger partial charge is 0.205 e. The SMILES string of the molecule is COc1cc(/C=C2/C(=O)c3[nH]c4ccc(C)cc4c3CC2C)ccc1O. The molecule has 2 aromatic carbocycles. The maximum Gasteiger partial charge on any atom is 0.205 e. The number of aromatic amines is 1. The summed E-state index contributed by atoms with van der Waals surface area (Å²) in [4.78, 5) is 16.4. The fraction of sp³-hybridized carbons (Fsp3) is 0.227. The van der Waals surface area contributed by atoms with Crippen molar-refractivity contribution in [2.24, 2.45) is 5.92 Å². The van der Waals surface area contributed by atoms with Gasteiger partial charge in [-0.25, -0.2) is 0 Å². The minimum atomic E-state index is 0.0413. The minimum Gasteiger partial charge on any atom is -0.504 e. The van der Waals surface area contributed by atoms with Crippen molar-refractivity contribution in [3.63, 3.8) is 0 Å². The number of fused-ring (bicyclic) bond motifs is 3. The molecule has 0 spiro atoms. The van der Waals surface area contributed by atoms with Crippen LogP contribution in [0.4, 0.5) is 0 Å². The number of aromatic nitrogens is 1. The van der Waals surface area contributed by atoms with Gasteiger partial charge in [-0.3, -0.25) is 4.79 Å². The van der Waals surface area contributed by atoms with E-state index in [1.807, 2.05) is 12.1 Å². The van der Waals surface area contributed by atoms with Crippen LogP contribution in [0.15, 0.2) is 42.0 Å². The van der Waals surface area contributed by atoms with Gasteiger partial charge < -0.3 is 14.8 Å². The van der Waals surface area contributed by atoms with E-state index in [1.54, 1.807) is 18.2 Å². The normalized spacial score (nSPS) is 18.3. The third-order valence-corrected chi connectivity index (χ3v) is 5.12. The predicted molar refractivity (Wildman–Crippen MR) is 103 cm³/mol. The predicted octanol–water partition coefficient (Wildman–Crippen LogP) is 4.65. The fourth-order valence-electron chi connectivity index (χ4n) is 3.72. The maximum atomic E-state index is 13.1. The van der Waals surface area contributed by atoms with Crippen molar-refractivity contribution in [2.75, 3.05) is 7.11 Å². The molecule has 132 valence electrons. The van der Waals surface area contributed by atoms with Crippen molar-refractivity contribution in [1.82, 2.24) is 4.98 Å². The van der Waals surface area contributed by atoms with E-state index in [9.17, 15) is 9.90 Å². The molecular formula is C22H21NO3. The molecule has 1 aromatic heterocycles. The number of aromatic hydroxyl groups is 1. The Morgan fingerprint density at radius 2 is 2.04 bits per heavy atom. The topological polar surface area (TPSA) is 62.3 Å². The van der Waals surface area contributed by atoms with Gasteiger partial charge in [-0.2, -0.15) is 0 Å². The summed E-state index contributed by atoms with van der Waals surface area (Å²) in [6.45, 7) is 4.15. The number of carbonyl (C=O) groups is 1. The molecule has 4 rings (SSSR count). The molecule has 0 fully saturated rings. The molecule has 3 aromatic rings. The molecule has 2 N–H and O–H groups in total. The van der Waals surface area contributed by atoms with Gasteiger partial charge in [0.2, 0.25) is 5.78 Å². The largest absolute Gasteiger partial charge is 0.504 e. The molecule has 0 aliphatic heterocycles. The Kier molecular flexibility index (Phi) is 3.83. The van der Waals surface area contributed by atoms with Gasteiger partial charge in [0.25, 0.3) is 0 Å². The number of nitrogens with one attached hydrogen (secondary N) is 1. The summed E-state index contributed by atoms with van der Waals surface area (Å²) in [7, 11) is 1.51. The Balaban J connectivity index is 1.80. The number of allylic oxidation sites excluding steroid dienone is 1. The van der Waals surface area contributed by atoms with Gasteiger partial charge in [0.05, 0.1) is 12.8 Å². The van der Waals surface area contributed by atoms with Crippen LogP contribution in [0.5, 0.6) is 11.5 Å². The number of methoxy groups -OCH3 is 1. The molecule has 1 heterocycles. The number of ketones is 1. The van der Waals surface area contributed by atoms with E-state index < -0.39 is 0 Å². The second kappa shape index (κ2) is 6.06. The average Bonchev–Trinajstić information content (AvgIpc) is 2.98. The molecule has 1 atom stereocenters. The highest BCUT2D eigenvalue weighted by Gasteiger charge is 2.30. The van der Waals surface area contributed by atoms with Crippen LogP contribution in [0.2, 0.25) is 0 Å². The van der Waals surface area contributed by atoms with E-state index in [0.29, 0.717) is 11.4 Å². The first-order valence-corrected chi connectivity index (χ1v) is 8.72. The van der Waals surface area contributed by atoms with Gasteiger partial charge in [0, 0.05) is 16.5 Å². The van der Waals surface area contributed by atoms with Crippen molar-refractivity contribution in [2.45, 2.75) is 20.3 Å². The highest BCUT2D eigenvalue weighted by Crippen LogP contribution is 2.36. The molecule has 0 amide bonds. The number of hydrogen-bond donors (Lipinski definition) is 2. The average molecular weight is 347 g/mol. The lowest BCUT2D eigenvalue weighted by Gasteiger charge is -2.21. The first-order chi connectivity index (χ1) is 12.5. The van der Waals surface area contributed by atoms with Crippen LogP contribution in [0, 0.1) is 12.8 Å². The standard InChI is InChI=1S/C22H21NO3/c1-12-4-6-18-16(8-12)17-9-13(2)15(22(25)21(17)23-18)10-14-5-7-19(24)20(11-14)26-3/h4-8,10-11,13,23-24H,9H2,1-3H3/b15-10+. The number of benzene rings is 2. The molecule has 0 saturated carbocycles. The van der Waals surface area contributed by atoms with Crippen LogP contribution >= 0.6 is 0 Å². The molecular weight excluding hydrogens is 326 g/mol. The highest BCUT2D eigenvalue weighted by atomic mass is 16.5. The van der Waals surface area contributed by atoms with Crippen LogP contribution in [-0.4, -0.2) is 23.0 Å². The number of phenolic OH excluding ortho intramolecular Hbond substituents is 1. The monoisotopic (exact) mass is 347 g/mol. The molecule has 0 radical (unpaired) electrons. The summed E-state index contributed by atoms with van der Waals surface area (Å²) in [5, 5.41) is 10.9. The van der Waals surface area contributed by atoms with E-state index in [2.05, 4.69) is 31.0 Å². The first-order valence-electron chi connectivity index (χ1n) is 8.72. The fourth-order valence-corrected chi connectivity index (χ4v) is 3.72. The number of H-pyrrole nitrogens is 1. The summed E-state index contributed by atoms with van der Waals surface area (Å²) >= 11 is 0. The zero-order valence-corrected chi connectivity index (χ0v) is 15.1. The Morgan fingerprint density at radius 1 is 1.23 bits per heavy atom. The number of ether oxygens (including phenoxy) is 1. The first kappa shape index (κ1) is 16.5. The Labute approximate surface area is 152 Å². The number of carbonyl (C=O) groups excluding carboxylic acids is 1. The summed E-state index contributed by atoms with van der Waals surface area (Å²) in [6, 6.07) is 11.3. The number of rotatable bonds is 2. The molecule has 4 nitrogen and oxygen atoms in total. The molecule has 0 bridgehead atoms. The zero-order chi connectivity index (χ0) is 18.4. The lowest BCUT2D eigenvalue weighted by atomic mass is 9.81. The molecule has 4 heteroatoms. The maximum absolute atomic E-state index is 13.1. The van der Waals surface area contributed by atoms with E-state index in [4.69, 9.17) is 4.74 Å². The van der Waals surface area contributed by atoms with E-state index in [-0.39, 0.29) is 17.5 Å². The quantitative estimate of drug-likeness (QED) is 0.663. The van der Waals surface area contributed by atoms with Crippen LogP contribution in [0.25, 0.3) is 17.0 Å². The van der Waals surface area contributed by atoms with E-state index in [1.165, 1.54) is 12.7 Å². The second-order valence-corrected chi connectivity index (χ2v) is 6.99. The molecule has 1 aliphatic rings. The summed E-state index contributed by atoms with van der Waals surface area (Å²) in [6.07, 6.45) is 2.72. The lowest BCUT2D eigenvalue weighted by Crippen LogP contribution is -2.21. The number of aryl methyl sites for hydroxylation is 1. The van der Waals surface area contributed by atoms with Gasteiger partial charge in [-0.1, -0.05) is 24.6 Å². The lowest BCUT2D eigenvalue weighted by molar-refractivity contribution is 0.101. The van der Waals surface area contributed by atoms with Crippen LogP contribution in [-0.2, 0) is 6.42 Å². The van der Waals surface area contributed by atoms with Crippen molar-refractivity contribution >= 4 is 22.8 Å². The Bertz CT molecular complexity index is 1060. The molecule has 26 heavy (non-hydrogen) atoms. The summed E-state index contributed by atoms with van der Waals surface area (Å²) in [5.41, 5.74) is 5.62. The zero-order valence-electron chi connectivity index (χ0n) is 15.1. The molecule has 1 unspecified atom stereocenters. The van der Waals surface area contributed by atoms with Crippen LogP contribution < -0.4 is 4.74 Å². The van der Waals surface area contributed by atoms with Crippen LogP contribution in [0.1, 0.15) is 34.1 Å². The molecule has 1 aliphatic carbocycles. The van der Waals surface area contributed by atoms with Crippen molar-refractivity contribution in [3.05, 3.63) is 64.4 Å². The van der Waals surface area contributed by atoms with E-state index >= 15 is 0 Å².